The zero-order valence-corrected chi connectivity index (χ0v) is 14.6. The third kappa shape index (κ3) is 2.35. The Morgan fingerprint density at radius 2 is 1.80 bits per heavy atom. The van der Waals surface area contributed by atoms with E-state index in [4.69, 9.17) is 0 Å². The van der Waals surface area contributed by atoms with Crippen LogP contribution in [-0.4, -0.2) is 11.0 Å². The highest BCUT2D eigenvalue weighted by Crippen LogP contribution is 2.58. The molecule has 0 aromatic heterocycles. The van der Waals surface area contributed by atoms with Crippen molar-refractivity contribution in [2.24, 2.45) is 10.8 Å². The molecular formula is C19H28S. The van der Waals surface area contributed by atoms with Gasteiger partial charge in [-0.15, -0.1) is 0 Å². The molecule has 110 valence electrons. The molecule has 1 unspecified atom stereocenters. The summed E-state index contributed by atoms with van der Waals surface area (Å²) in [6.45, 7) is 11.9. The lowest BCUT2D eigenvalue weighted by atomic mass is 9.61. The minimum Gasteiger partial charge on any atom is -0.153 e. The average molecular weight is 288 g/mol. The first-order valence-electron chi connectivity index (χ1n) is 7.56. The summed E-state index contributed by atoms with van der Waals surface area (Å²) in [7, 11) is 0. The van der Waals surface area contributed by atoms with Crippen LogP contribution in [0.25, 0.3) is 0 Å². The Hall–Kier alpha value is -0.690. The molecule has 0 aromatic carbocycles. The van der Waals surface area contributed by atoms with E-state index >= 15 is 0 Å². The first-order valence-corrected chi connectivity index (χ1v) is 8.78. The Morgan fingerprint density at radius 1 is 1.10 bits per heavy atom. The van der Waals surface area contributed by atoms with Crippen LogP contribution in [0.1, 0.15) is 47.5 Å². The standard InChI is InChI=1S/C19H28S/c1-17(2,3)16-13-9-10-14-19(16,20-6)18(4,5)15-11-7-8-12-15/h7,9-13H,8,14H2,1-6H3. The highest BCUT2D eigenvalue weighted by atomic mass is 32.2. The van der Waals surface area contributed by atoms with Crippen molar-refractivity contribution in [2.45, 2.75) is 52.2 Å². The van der Waals surface area contributed by atoms with Crippen LogP contribution >= 0.6 is 11.8 Å². The second-order valence-electron chi connectivity index (χ2n) is 7.42. The Kier molecular flexibility index (Phi) is 4.12. The smallest absolute Gasteiger partial charge is 0.0498 e. The van der Waals surface area contributed by atoms with Gasteiger partial charge in [-0.25, -0.2) is 0 Å². The van der Waals surface area contributed by atoms with Crippen molar-refractivity contribution in [2.75, 3.05) is 6.26 Å². The van der Waals surface area contributed by atoms with E-state index in [1.807, 2.05) is 11.8 Å². The quantitative estimate of drug-likeness (QED) is 0.620. The molecule has 1 atom stereocenters. The average Bonchev–Trinajstić information content (AvgIpc) is 2.91. The first-order chi connectivity index (χ1) is 9.25. The maximum atomic E-state index is 2.42. The van der Waals surface area contributed by atoms with Gasteiger partial charge in [0.25, 0.3) is 0 Å². The molecule has 2 aliphatic carbocycles. The summed E-state index contributed by atoms with van der Waals surface area (Å²) in [5, 5.41) is 0. The van der Waals surface area contributed by atoms with Crippen LogP contribution < -0.4 is 0 Å². The van der Waals surface area contributed by atoms with E-state index < -0.39 is 0 Å². The van der Waals surface area contributed by atoms with Crippen molar-refractivity contribution in [3.05, 3.63) is 47.6 Å². The summed E-state index contributed by atoms with van der Waals surface area (Å²) in [6, 6.07) is 0. The molecule has 0 N–H and O–H groups in total. The monoisotopic (exact) mass is 288 g/mol. The van der Waals surface area contributed by atoms with Crippen molar-refractivity contribution >= 4 is 11.8 Å². The molecule has 2 aliphatic rings. The number of rotatable bonds is 3. The Morgan fingerprint density at radius 3 is 2.30 bits per heavy atom. The van der Waals surface area contributed by atoms with Gasteiger partial charge in [-0.2, -0.15) is 11.8 Å². The fourth-order valence-corrected chi connectivity index (χ4v) is 5.18. The highest BCUT2D eigenvalue weighted by molar-refractivity contribution is 8.00. The third-order valence-corrected chi connectivity index (χ3v) is 6.49. The minimum absolute atomic E-state index is 0.142. The lowest BCUT2D eigenvalue weighted by Gasteiger charge is -2.52. The molecule has 1 heteroatoms. The summed E-state index contributed by atoms with van der Waals surface area (Å²) in [5.41, 5.74) is 3.42. The Bertz CT molecular complexity index is 494. The van der Waals surface area contributed by atoms with E-state index in [0.29, 0.717) is 0 Å². The van der Waals surface area contributed by atoms with Gasteiger partial charge in [0.2, 0.25) is 0 Å². The van der Waals surface area contributed by atoms with Crippen molar-refractivity contribution in [1.82, 2.24) is 0 Å². The van der Waals surface area contributed by atoms with Gasteiger partial charge < -0.3 is 0 Å². The molecule has 0 aliphatic heterocycles. The second-order valence-corrected chi connectivity index (χ2v) is 8.52. The minimum atomic E-state index is 0.142. The van der Waals surface area contributed by atoms with Crippen LogP contribution in [0.3, 0.4) is 0 Å². The second kappa shape index (κ2) is 5.26. The highest BCUT2D eigenvalue weighted by Gasteiger charge is 2.51. The van der Waals surface area contributed by atoms with Crippen molar-refractivity contribution in [3.8, 4) is 0 Å². The van der Waals surface area contributed by atoms with Crippen molar-refractivity contribution in [1.29, 1.82) is 0 Å². The molecule has 0 bridgehead atoms. The number of allylic oxidation sites excluding steroid dienone is 7. The van der Waals surface area contributed by atoms with Gasteiger partial charge in [0.1, 0.15) is 0 Å². The van der Waals surface area contributed by atoms with Crippen LogP contribution in [0.5, 0.6) is 0 Å². The zero-order chi connectivity index (χ0) is 15.0. The molecule has 0 saturated heterocycles. The lowest BCUT2D eigenvalue weighted by Crippen LogP contribution is -2.47. The maximum Gasteiger partial charge on any atom is 0.0498 e. The molecule has 0 amide bonds. The number of hydrogen-bond acceptors (Lipinski definition) is 1. The van der Waals surface area contributed by atoms with Gasteiger partial charge in [-0.05, 0) is 35.7 Å². The SMILES string of the molecule is CSC1(C(C)(C)C2=CCC=C2)CC=CC=C1C(C)(C)C. The normalized spacial score (nSPS) is 26.7. The Labute approximate surface area is 129 Å². The topological polar surface area (TPSA) is 0 Å². The summed E-state index contributed by atoms with van der Waals surface area (Å²) < 4.78 is 0.153. The molecule has 0 saturated carbocycles. The summed E-state index contributed by atoms with van der Waals surface area (Å²) in [6.07, 6.45) is 18.4. The summed E-state index contributed by atoms with van der Waals surface area (Å²) >= 11 is 2.03. The van der Waals surface area contributed by atoms with Gasteiger partial charge in [0.15, 0.2) is 0 Å². The molecular weight excluding hydrogens is 260 g/mol. The Balaban J connectivity index is 2.56. The molecule has 0 aromatic rings. The van der Waals surface area contributed by atoms with Crippen molar-refractivity contribution in [3.63, 3.8) is 0 Å². The van der Waals surface area contributed by atoms with Crippen LogP contribution in [0.2, 0.25) is 0 Å². The van der Waals surface area contributed by atoms with Crippen LogP contribution in [0.15, 0.2) is 47.6 Å². The third-order valence-electron chi connectivity index (χ3n) is 4.90. The van der Waals surface area contributed by atoms with Gasteiger partial charge in [-0.3, -0.25) is 0 Å². The van der Waals surface area contributed by atoms with Gasteiger partial charge in [0.05, 0.1) is 0 Å². The lowest BCUT2D eigenvalue weighted by molar-refractivity contribution is 0.302. The zero-order valence-electron chi connectivity index (χ0n) is 13.8. The van der Waals surface area contributed by atoms with E-state index in [-0.39, 0.29) is 15.6 Å². The fraction of sp³-hybridized carbons (Fsp3) is 0.579. The van der Waals surface area contributed by atoms with E-state index in [1.54, 1.807) is 5.57 Å². The fourth-order valence-electron chi connectivity index (χ4n) is 3.69. The van der Waals surface area contributed by atoms with E-state index in [2.05, 4.69) is 77.3 Å². The predicted octanol–water partition coefficient (Wildman–Crippen LogP) is 5.93. The van der Waals surface area contributed by atoms with E-state index in [9.17, 15) is 0 Å². The molecule has 2 rings (SSSR count). The predicted molar refractivity (Wildman–Crippen MR) is 93.2 cm³/mol. The van der Waals surface area contributed by atoms with E-state index in [1.165, 1.54) is 5.57 Å². The van der Waals surface area contributed by atoms with Crippen LogP contribution in [-0.2, 0) is 0 Å². The molecule has 20 heavy (non-hydrogen) atoms. The molecule has 0 fully saturated rings. The summed E-state index contributed by atoms with van der Waals surface area (Å²) in [5.74, 6) is 0. The number of hydrogen-bond donors (Lipinski definition) is 0. The summed E-state index contributed by atoms with van der Waals surface area (Å²) in [4.78, 5) is 0. The largest absolute Gasteiger partial charge is 0.153 e. The van der Waals surface area contributed by atoms with Crippen LogP contribution in [0.4, 0.5) is 0 Å². The van der Waals surface area contributed by atoms with Crippen LogP contribution in [0, 0.1) is 10.8 Å². The molecule has 0 nitrogen and oxygen atoms in total. The van der Waals surface area contributed by atoms with Gasteiger partial charge >= 0.3 is 0 Å². The van der Waals surface area contributed by atoms with Gasteiger partial charge in [0, 0.05) is 10.2 Å². The molecule has 0 spiro atoms. The molecule has 0 radical (unpaired) electrons. The van der Waals surface area contributed by atoms with Crippen molar-refractivity contribution < 1.29 is 0 Å². The maximum absolute atomic E-state index is 2.42. The van der Waals surface area contributed by atoms with E-state index in [0.717, 1.165) is 12.8 Å². The first kappa shape index (κ1) is 15.7. The molecule has 0 heterocycles. The number of thioether (sulfide) groups is 1. The van der Waals surface area contributed by atoms with Gasteiger partial charge in [-0.1, -0.05) is 71.1 Å².